The summed E-state index contributed by atoms with van der Waals surface area (Å²) in [7, 11) is 1.55. The number of aliphatic hydroxyl groups is 1. The van der Waals surface area contributed by atoms with Crippen molar-refractivity contribution in [2.75, 3.05) is 7.11 Å². The van der Waals surface area contributed by atoms with Gasteiger partial charge in [-0.25, -0.2) is 9.97 Å². The molecule has 0 aliphatic rings. The van der Waals surface area contributed by atoms with Crippen LogP contribution in [0.2, 0.25) is 0 Å². The van der Waals surface area contributed by atoms with E-state index >= 15 is 0 Å². The molecule has 0 fully saturated rings. The van der Waals surface area contributed by atoms with Crippen molar-refractivity contribution in [3.8, 4) is 11.6 Å². The Bertz CT molecular complexity index is 494. The van der Waals surface area contributed by atoms with Crippen LogP contribution in [0.25, 0.3) is 5.69 Å². The van der Waals surface area contributed by atoms with Crippen molar-refractivity contribution in [2.45, 2.75) is 13.5 Å². The van der Waals surface area contributed by atoms with Gasteiger partial charge in [-0.05, 0) is 19.1 Å². The Morgan fingerprint density at radius 3 is 2.81 bits per heavy atom. The van der Waals surface area contributed by atoms with Crippen molar-refractivity contribution in [1.82, 2.24) is 14.5 Å². The van der Waals surface area contributed by atoms with Crippen molar-refractivity contribution >= 4 is 0 Å². The predicted octanol–water partition coefficient (Wildman–Crippen LogP) is 1.08. The van der Waals surface area contributed by atoms with Gasteiger partial charge >= 0.3 is 0 Å². The molecular weight excluding hydrogens is 206 g/mol. The van der Waals surface area contributed by atoms with Gasteiger partial charge in [0.15, 0.2) is 0 Å². The molecule has 16 heavy (non-hydrogen) atoms. The molecular formula is C11H13N3O2. The molecule has 0 saturated heterocycles. The lowest BCUT2D eigenvalue weighted by molar-refractivity contribution is 0.274. The highest BCUT2D eigenvalue weighted by atomic mass is 16.5. The molecule has 2 heterocycles. The van der Waals surface area contributed by atoms with Gasteiger partial charge in [0.1, 0.15) is 5.69 Å². The van der Waals surface area contributed by atoms with Crippen LogP contribution < -0.4 is 4.74 Å². The predicted molar refractivity (Wildman–Crippen MR) is 58.6 cm³/mol. The van der Waals surface area contributed by atoms with Gasteiger partial charge in [-0.3, -0.25) is 0 Å². The van der Waals surface area contributed by atoms with Crippen LogP contribution in [0.3, 0.4) is 0 Å². The molecule has 1 N–H and O–H groups in total. The molecule has 2 aromatic rings. The van der Waals surface area contributed by atoms with Gasteiger partial charge in [0.2, 0.25) is 5.88 Å². The number of nitrogens with zero attached hydrogens (tertiary/aromatic N) is 3. The molecule has 0 bridgehead atoms. The minimum atomic E-state index is -0.0976. The Hall–Kier alpha value is -1.88. The fourth-order valence-electron chi connectivity index (χ4n) is 1.46. The molecule has 0 aromatic carbocycles. The standard InChI is InChI=1S/C11H13N3O2/c1-8-5-14(7-12-8)10-4-3-9(6-15)13-11(10)16-2/h3-5,7,15H,6H2,1-2H3. The summed E-state index contributed by atoms with van der Waals surface area (Å²) in [5, 5.41) is 8.99. The molecule has 0 atom stereocenters. The first kappa shape index (κ1) is 10.6. The number of pyridine rings is 1. The van der Waals surface area contributed by atoms with Crippen LogP contribution in [0.15, 0.2) is 24.7 Å². The molecule has 0 radical (unpaired) electrons. The number of hydrogen-bond donors (Lipinski definition) is 1. The number of imidazole rings is 1. The van der Waals surface area contributed by atoms with Crippen molar-refractivity contribution in [3.63, 3.8) is 0 Å². The topological polar surface area (TPSA) is 60.2 Å². The molecule has 0 aliphatic carbocycles. The fraction of sp³-hybridized carbons (Fsp3) is 0.273. The SMILES string of the molecule is COc1nc(CO)ccc1-n1cnc(C)c1. The Morgan fingerprint density at radius 2 is 2.25 bits per heavy atom. The van der Waals surface area contributed by atoms with Gasteiger partial charge in [-0.2, -0.15) is 0 Å². The zero-order chi connectivity index (χ0) is 11.5. The van der Waals surface area contributed by atoms with Crippen LogP contribution in [0, 0.1) is 6.92 Å². The zero-order valence-corrected chi connectivity index (χ0v) is 9.21. The summed E-state index contributed by atoms with van der Waals surface area (Å²) >= 11 is 0. The van der Waals surface area contributed by atoms with Gasteiger partial charge in [0, 0.05) is 6.20 Å². The molecule has 0 unspecified atom stereocenters. The van der Waals surface area contributed by atoms with Crippen LogP contribution in [0.4, 0.5) is 0 Å². The Morgan fingerprint density at radius 1 is 1.44 bits per heavy atom. The fourth-order valence-corrected chi connectivity index (χ4v) is 1.46. The lowest BCUT2D eigenvalue weighted by Gasteiger charge is -2.08. The number of hydrogen-bond acceptors (Lipinski definition) is 4. The van der Waals surface area contributed by atoms with E-state index in [-0.39, 0.29) is 6.61 Å². The van der Waals surface area contributed by atoms with Gasteiger partial charge in [0.25, 0.3) is 0 Å². The van der Waals surface area contributed by atoms with Gasteiger partial charge in [-0.1, -0.05) is 0 Å². The third kappa shape index (κ3) is 1.90. The third-order valence-electron chi connectivity index (χ3n) is 2.24. The molecule has 0 saturated carbocycles. The zero-order valence-electron chi connectivity index (χ0n) is 9.21. The lowest BCUT2D eigenvalue weighted by atomic mass is 10.3. The largest absolute Gasteiger partial charge is 0.479 e. The van der Waals surface area contributed by atoms with Crippen LogP contribution in [-0.4, -0.2) is 26.8 Å². The summed E-state index contributed by atoms with van der Waals surface area (Å²) in [6.07, 6.45) is 3.59. The average molecular weight is 219 g/mol. The summed E-state index contributed by atoms with van der Waals surface area (Å²) in [6.45, 7) is 1.82. The molecule has 5 nitrogen and oxygen atoms in total. The molecule has 84 valence electrons. The molecule has 2 aromatic heterocycles. The van der Waals surface area contributed by atoms with E-state index in [1.54, 1.807) is 19.5 Å². The van der Waals surface area contributed by atoms with E-state index in [0.717, 1.165) is 11.4 Å². The summed E-state index contributed by atoms with van der Waals surface area (Å²) in [6, 6.07) is 3.60. The second-order valence-electron chi connectivity index (χ2n) is 3.41. The van der Waals surface area contributed by atoms with Crippen molar-refractivity contribution < 1.29 is 9.84 Å². The normalized spacial score (nSPS) is 10.4. The Kier molecular flexibility index (Phi) is 2.87. The summed E-state index contributed by atoms with van der Waals surface area (Å²) in [4.78, 5) is 8.32. The van der Waals surface area contributed by atoms with Crippen molar-refractivity contribution in [1.29, 1.82) is 0 Å². The van der Waals surface area contributed by atoms with E-state index in [4.69, 9.17) is 9.84 Å². The van der Waals surface area contributed by atoms with Crippen LogP contribution >= 0.6 is 0 Å². The molecule has 0 amide bonds. The number of aryl methyl sites for hydroxylation is 1. The van der Waals surface area contributed by atoms with E-state index < -0.39 is 0 Å². The van der Waals surface area contributed by atoms with Crippen LogP contribution in [-0.2, 0) is 6.61 Å². The summed E-state index contributed by atoms with van der Waals surface area (Å²) in [5.74, 6) is 0.476. The molecule has 0 spiro atoms. The van der Waals surface area contributed by atoms with E-state index in [1.807, 2.05) is 23.8 Å². The van der Waals surface area contributed by atoms with E-state index in [1.165, 1.54) is 0 Å². The lowest BCUT2D eigenvalue weighted by Crippen LogP contribution is -2.00. The first-order chi connectivity index (χ1) is 7.74. The first-order valence-electron chi connectivity index (χ1n) is 4.90. The highest BCUT2D eigenvalue weighted by Gasteiger charge is 2.08. The summed E-state index contributed by atoms with van der Waals surface area (Å²) < 4.78 is 7.02. The van der Waals surface area contributed by atoms with Crippen molar-refractivity contribution in [3.05, 3.63) is 36.0 Å². The third-order valence-corrected chi connectivity index (χ3v) is 2.24. The highest BCUT2D eigenvalue weighted by Crippen LogP contribution is 2.20. The van der Waals surface area contributed by atoms with Crippen LogP contribution in [0.1, 0.15) is 11.4 Å². The van der Waals surface area contributed by atoms with E-state index in [2.05, 4.69) is 9.97 Å². The monoisotopic (exact) mass is 219 g/mol. The van der Waals surface area contributed by atoms with Gasteiger partial charge < -0.3 is 14.4 Å². The Labute approximate surface area is 93.3 Å². The smallest absolute Gasteiger partial charge is 0.238 e. The molecule has 0 aliphatic heterocycles. The minimum Gasteiger partial charge on any atom is -0.479 e. The Balaban J connectivity index is 2.48. The summed E-state index contributed by atoms with van der Waals surface area (Å²) in [5.41, 5.74) is 2.31. The maximum atomic E-state index is 8.99. The number of ether oxygens (including phenoxy) is 1. The molecule has 5 heteroatoms. The van der Waals surface area contributed by atoms with Crippen LogP contribution in [0.5, 0.6) is 5.88 Å². The maximum Gasteiger partial charge on any atom is 0.238 e. The first-order valence-corrected chi connectivity index (χ1v) is 4.90. The van der Waals surface area contributed by atoms with E-state index in [9.17, 15) is 0 Å². The number of methoxy groups -OCH3 is 1. The van der Waals surface area contributed by atoms with Crippen molar-refractivity contribution in [2.24, 2.45) is 0 Å². The average Bonchev–Trinajstić information content (AvgIpc) is 2.74. The highest BCUT2D eigenvalue weighted by molar-refractivity contribution is 5.42. The molecule has 2 rings (SSSR count). The maximum absolute atomic E-state index is 8.99. The number of rotatable bonds is 3. The minimum absolute atomic E-state index is 0.0976. The second-order valence-corrected chi connectivity index (χ2v) is 3.41. The quantitative estimate of drug-likeness (QED) is 0.839. The number of aromatic nitrogens is 3. The second kappa shape index (κ2) is 4.32. The van der Waals surface area contributed by atoms with Gasteiger partial charge in [0.05, 0.1) is 31.4 Å². The number of aliphatic hydroxyl groups excluding tert-OH is 1. The van der Waals surface area contributed by atoms with E-state index in [0.29, 0.717) is 11.6 Å². The van der Waals surface area contributed by atoms with Gasteiger partial charge in [-0.15, -0.1) is 0 Å².